The molecule has 0 aromatic carbocycles. The van der Waals surface area contributed by atoms with E-state index in [9.17, 15) is 14.0 Å². The van der Waals surface area contributed by atoms with E-state index in [1.54, 1.807) is 23.9 Å². The van der Waals surface area contributed by atoms with Crippen LogP contribution in [-0.4, -0.2) is 66.4 Å². The number of nitrogens with zero attached hydrogens (tertiary/aromatic N) is 3. The molecule has 7 heteroatoms. The predicted octanol–water partition coefficient (Wildman–Crippen LogP) is 1.53. The summed E-state index contributed by atoms with van der Waals surface area (Å²) in [4.78, 5) is 31.6. The average molecular weight is 362 g/mol. The maximum atomic E-state index is 13.9. The number of piperidine rings is 2. The topological polar surface area (TPSA) is 65.5 Å². The third-order valence-electron chi connectivity index (χ3n) is 5.50. The zero-order valence-electron chi connectivity index (χ0n) is 15.4. The Bertz CT molecular complexity index is 667. The summed E-state index contributed by atoms with van der Waals surface area (Å²) >= 11 is 0. The van der Waals surface area contributed by atoms with Crippen LogP contribution in [0.2, 0.25) is 0 Å². The second-order valence-corrected chi connectivity index (χ2v) is 7.62. The Labute approximate surface area is 153 Å². The summed E-state index contributed by atoms with van der Waals surface area (Å²) in [7, 11) is 3.54. The fourth-order valence-corrected chi connectivity index (χ4v) is 4.09. The number of nitrogens with one attached hydrogen (secondary N) is 1. The molecule has 2 bridgehead atoms. The summed E-state index contributed by atoms with van der Waals surface area (Å²) in [5.74, 6) is 0.0912. The molecular formula is C19H27FN4O2. The van der Waals surface area contributed by atoms with Gasteiger partial charge in [0, 0.05) is 45.8 Å². The minimum absolute atomic E-state index is 0.0982. The summed E-state index contributed by atoms with van der Waals surface area (Å²) in [6.45, 7) is 2.16. The van der Waals surface area contributed by atoms with Gasteiger partial charge >= 0.3 is 0 Å². The first-order valence-corrected chi connectivity index (χ1v) is 9.28. The Morgan fingerprint density at radius 2 is 2.19 bits per heavy atom. The number of carbonyl (C=O) groups is 2. The number of hydrogen-bond acceptors (Lipinski definition) is 4. The molecule has 1 aromatic rings. The zero-order chi connectivity index (χ0) is 18.7. The summed E-state index contributed by atoms with van der Waals surface area (Å²) in [5.41, 5.74) is 0.0982. The maximum Gasteiger partial charge on any atom is 0.256 e. The quantitative estimate of drug-likeness (QED) is 0.863. The van der Waals surface area contributed by atoms with Gasteiger partial charge in [-0.1, -0.05) is 0 Å². The summed E-state index contributed by atoms with van der Waals surface area (Å²) < 4.78 is 13.9. The molecule has 1 N–H and O–H groups in total. The monoisotopic (exact) mass is 362 g/mol. The molecule has 0 saturated carbocycles. The number of rotatable bonds is 5. The minimum atomic E-state index is -0.565. The molecule has 0 aliphatic carbocycles. The highest BCUT2D eigenvalue weighted by Gasteiger charge is 2.38. The highest BCUT2D eigenvalue weighted by Crippen LogP contribution is 2.31. The average Bonchev–Trinajstić information content (AvgIpc) is 2.63. The van der Waals surface area contributed by atoms with Crippen LogP contribution in [0.15, 0.2) is 18.5 Å². The molecule has 3 atom stereocenters. The second kappa shape index (κ2) is 8.12. The number of halogens is 1. The molecule has 2 fully saturated rings. The van der Waals surface area contributed by atoms with E-state index in [2.05, 4.69) is 10.3 Å². The number of aromatic nitrogens is 1. The van der Waals surface area contributed by atoms with Crippen molar-refractivity contribution in [3.8, 4) is 0 Å². The van der Waals surface area contributed by atoms with E-state index in [0.29, 0.717) is 37.4 Å². The molecule has 2 aliphatic rings. The van der Waals surface area contributed by atoms with E-state index in [1.165, 1.54) is 12.3 Å². The van der Waals surface area contributed by atoms with E-state index in [0.717, 1.165) is 32.0 Å². The SMILES string of the molecule is CN(C)C(=O)CCC[C@H]1NC[C@@H]2C[C@@H]1CN(C(=O)c1ccncc1F)C2. The third kappa shape index (κ3) is 4.20. The van der Waals surface area contributed by atoms with Gasteiger partial charge in [-0.2, -0.15) is 0 Å². The molecule has 3 heterocycles. The van der Waals surface area contributed by atoms with Crippen LogP contribution in [0.3, 0.4) is 0 Å². The lowest BCUT2D eigenvalue weighted by molar-refractivity contribution is -0.128. The lowest BCUT2D eigenvalue weighted by Crippen LogP contribution is -2.57. The summed E-state index contributed by atoms with van der Waals surface area (Å²) in [5, 5.41) is 3.59. The first-order valence-electron chi connectivity index (χ1n) is 9.28. The van der Waals surface area contributed by atoms with E-state index in [-0.39, 0.29) is 17.4 Å². The lowest BCUT2D eigenvalue weighted by atomic mass is 9.79. The predicted molar refractivity (Wildman–Crippen MR) is 96.0 cm³/mol. The summed E-state index contributed by atoms with van der Waals surface area (Å²) in [6.07, 6.45) is 5.93. The first-order chi connectivity index (χ1) is 12.5. The molecule has 1 aromatic heterocycles. The van der Waals surface area contributed by atoms with Gasteiger partial charge < -0.3 is 15.1 Å². The number of hydrogen-bond donors (Lipinski definition) is 1. The van der Waals surface area contributed by atoms with Crippen LogP contribution in [0.25, 0.3) is 0 Å². The van der Waals surface area contributed by atoms with E-state index in [4.69, 9.17) is 0 Å². The zero-order valence-corrected chi connectivity index (χ0v) is 15.4. The number of likely N-dealkylation sites (tertiary alicyclic amines) is 1. The molecule has 2 saturated heterocycles. The van der Waals surface area contributed by atoms with Gasteiger partial charge in [0.1, 0.15) is 0 Å². The smallest absolute Gasteiger partial charge is 0.256 e. The normalized spacial score (nSPS) is 25.0. The van der Waals surface area contributed by atoms with Crippen LogP contribution in [0.4, 0.5) is 4.39 Å². The number of amides is 2. The molecular weight excluding hydrogens is 335 g/mol. The molecule has 2 aliphatic heterocycles. The number of pyridine rings is 1. The van der Waals surface area contributed by atoms with Crippen LogP contribution in [0.1, 0.15) is 36.0 Å². The van der Waals surface area contributed by atoms with Gasteiger partial charge in [0.25, 0.3) is 5.91 Å². The Hall–Kier alpha value is -2.02. The van der Waals surface area contributed by atoms with E-state index in [1.807, 2.05) is 0 Å². The lowest BCUT2D eigenvalue weighted by Gasteiger charge is -2.46. The van der Waals surface area contributed by atoms with Crippen LogP contribution >= 0.6 is 0 Å². The van der Waals surface area contributed by atoms with Crippen molar-refractivity contribution in [2.45, 2.75) is 31.7 Å². The molecule has 0 unspecified atom stereocenters. The number of fused-ring (bicyclic) bond motifs is 2. The molecule has 142 valence electrons. The molecule has 2 amide bonds. The van der Waals surface area contributed by atoms with E-state index < -0.39 is 5.82 Å². The Morgan fingerprint density at radius 3 is 2.92 bits per heavy atom. The molecule has 0 radical (unpaired) electrons. The Kier molecular flexibility index (Phi) is 5.86. The van der Waals surface area contributed by atoms with Crippen LogP contribution in [0, 0.1) is 17.7 Å². The fourth-order valence-electron chi connectivity index (χ4n) is 4.09. The van der Waals surface area contributed by atoms with Crippen LogP contribution < -0.4 is 5.32 Å². The van der Waals surface area contributed by atoms with Crippen molar-refractivity contribution in [1.29, 1.82) is 0 Å². The van der Waals surface area contributed by atoms with Crippen molar-refractivity contribution < 1.29 is 14.0 Å². The third-order valence-corrected chi connectivity index (χ3v) is 5.50. The van der Waals surface area contributed by atoms with Gasteiger partial charge in [0.15, 0.2) is 5.82 Å². The van der Waals surface area contributed by atoms with Gasteiger partial charge in [-0.3, -0.25) is 14.6 Å². The maximum absolute atomic E-state index is 13.9. The van der Waals surface area contributed by atoms with Gasteiger partial charge in [0.05, 0.1) is 11.8 Å². The van der Waals surface area contributed by atoms with E-state index >= 15 is 0 Å². The van der Waals surface area contributed by atoms with Crippen molar-refractivity contribution in [3.63, 3.8) is 0 Å². The molecule has 6 nitrogen and oxygen atoms in total. The first kappa shape index (κ1) is 18.8. The number of carbonyl (C=O) groups excluding carboxylic acids is 2. The highest BCUT2D eigenvalue weighted by molar-refractivity contribution is 5.94. The van der Waals surface area contributed by atoms with Gasteiger partial charge in [-0.25, -0.2) is 4.39 Å². The summed E-state index contributed by atoms with van der Waals surface area (Å²) in [6, 6.07) is 1.75. The minimum Gasteiger partial charge on any atom is -0.349 e. The van der Waals surface area contributed by atoms with Crippen LogP contribution in [0.5, 0.6) is 0 Å². The van der Waals surface area contributed by atoms with Crippen molar-refractivity contribution >= 4 is 11.8 Å². The van der Waals surface area contributed by atoms with Gasteiger partial charge in [-0.15, -0.1) is 0 Å². The second-order valence-electron chi connectivity index (χ2n) is 7.62. The molecule has 26 heavy (non-hydrogen) atoms. The standard InChI is InChI=1S/C19H27FN4O2/c1-23(2)18(25)5-3-4-17-14-8-13(9-22-17)11-24(12-14)19(26)15-6-7-21-10-16(15)20/h6-7,10,13-14,17,22H,3-5,8-9,11-12H2,1-2H3/t13-,14+,17+/m0/s1. The van der Waals surface area contributed by atoms with Crippen LogP contribution in [-0.2, 0) is 4.79 Å². The van der Waals surface area contributed by atoms with Gasteiger partial charge in [-0.05, 0) is 43.7 Å². The highest BCUT2D eigenvalue weighted by atomic mass is 19.1. The van der Waals surface area contributed by atoms with Crippen molar-refractivity contribution in [3.05, 3.63) is 29.8 Å². The Morgan fingerprint density at radius 1 is 1.38 bits per heavy atom. The largest absolute Gasteiger partial charge is 0.349 e. The van der Waals surface area contributed by atoms with Crippen molar-refractivity contribution in [2.75, 3.05) is 33.7 Å². The Balaban J connectivity index is 1.59. The molecule has 0 spiro atoms. The molecule has 3 rings (SSSR count). The fraction of sp³-hybridized carbons (Fsp3) is 0.632. The van der Waals surface area contributed by atoms with Gasteiger partial charge in [0.2, 0.25) is 5.91 Å². The van der Waals surface area contributed by atoms with Crippen molar-refractivity contribution in [2.24, 2.45) is 11.8 Å². The van der Waals surface area contributed by atoms with Crippen molar-refractivity contribution in [1.82, 2.24) is 20.1 Å².